The highest BCUT2D eigenvalue weighted by Crippen LogP contribution is 1.99. The van der Waals surface area contributed by atoms with Crippen LogP contribution >= 0.6 is 0 Å². The van der Waals surface area contributed by atoms with Crippen LogP contribution in [0.4, 0.5) is 0 Å². The third-order valence-corrected chi connectivity index (χ3v) is 2.50. The van der Waals surface area contributed by atoms with Gasteiger partial charge in [-0.05, 0) is 26.1 Å². The molecule has 0 aromatic heterocycles. The van der Waals surface area contributed by atoms with Crippen LogP contribution in [0, 0.1) is 0 Å². The molecule has 80 valence electrons. The maximum absolute atomic E-state index is 3.54. The summed E-state index contributed by atoms with van der Waals surface area (Å²) in [4.78, 5) is 2.49. The van der Waals surface area contributed by atoms with Gasteiger partial charge in [0, 0.05) is 12.6 Å². The van der Waals surface area contributed by atoms with E-state index in [4.69, 9.17) is 0 Å². The molecular formula is C11H26N2. The van der Waals surface area contributed by atoms with E-state index in [1.165, 1.54) is 32.5 Å². The number of hydrogen-bond donors (Lipinski definition) is 1. The van der Waals surface area contributed by atoms with Crippen molar-refractivity contribution in [3.63, 3.8) is 0 Å². The van der Waals surface area contributed by atoms with Crippen molar-refractivity contribution in [3.05, 3.63) is 0 Å². The van der Waals surface area contributed by atoms with E-state index >= 15 is 0 Å². The average Bonchev–Trinajstić information content (AvgIpc) is 2.14. The van der Waals surface area contributed by atoms with Crippen LogP contribution in [0.5, 0.6) is 0 Å². The van der Waals surface area contributed by atoms with Gasteiger partial charge in [-0.3, -0.25) is 0 Å². The van der Waals surface area contributed by atoms with Crippen LogP contribution in [0.15, 0.2) is 0 Å². The number of hydrogen-bond acceptors (Lipinski definition) is 2. The molecule has 1 unspecified atom stereocenters. The minimum Gasteiger partial charge on any atom is -0.313 e. The Morgan fingerprint density at radius 2 is 1.69 bits per heavy atom. The first-order chi connectivity index (χ1) is 6.28. The molecule has 1 N–H and O–H groups in total. The van der Waals surface area contributed by atoms with Crippen molar-refractivity contribution in [2.75, 3.05) is 26.2 Å². The van der Waals surface area contributed by atoms with Gasteiger partial charge in [-0.15, -0.1) is 0 Å². The van der Waals surface area contributed by atoms with Crippen LogP contribution in [0.1, 0.15) is 40.5 Å². The standard InChI is InChI=1S/C11H26N2/c1-5-9-11(12-6-2)10-13(7-3)8-4/h11-12H,5-10H2,1-4H3. The molecule has 0 amide bonds. The van der Waals surface area contributed by atoms with E-state index in [0.717, 1.165) is 6.54 Å². The summed E-state index contributed by atoms with van der Waals surface area (Å²) in [6.45, 7) is 13.5. The van der Waals surface area contributed by atoms with Crippen LogP contribution in [0.2, 0.25) is 0 Å². The largest absolute Gasteiger partial charge is 0.313 e. The lowest BCUT2D eigenvalue weighted by Gasteiger charge is -2.25. The van der Waals surface area contributed by atoms with Gasteiger partial charge in [0.2, 0.25) is 0 Å². The molecule has 0 radical (unpaired) electrons. The average molecular weight is 186 g/mol. The topological polar surface area (TPSA) is 15.3 Å². The Morgan fingerprint density at radius 1 is 1.08 bits per heavy atom. The van der Waals surface area contributed by atoms with Crippen molar-refractivity contribution >= 4 is 0 Å². The number of likely N-dealkylation sites (N-methyl/N-ethyl adjacent to an activating group) is 2. The molecule has 0 aromatic carbocycles. The van der Waals surface area contributed by atoms with E-state index in [1.54, 1.807) is 0 Å². The van der Waals surface area contributed by atoms with Crippen molar-refractivity contribution in [1.29, 1.82) is 0 Å². The molecule has 0 aliphatic carbocycles. The zero-order valence-electron chi connectivity index (χ0n) is 9.77. The molecule has 0 rings (SSSR count). The molecule has 1 atom stereocenters. The summed E-state index contributed by atoms with van der Waals surface area (Å²) in [5, 5.41) is 3.54. The number of nitrogens with zero attached hydrogens (tertiary/aromatic N) is 1. The monoisotopic (exact) mass is 186 g/mol. The summed E-state index contributed by atoms with van der Waals surface area (Å²) in [5.74, 6) is 0. The third-order valence-electron chi connectivity index (χ3n) is 2.50. The fraction of sp³-hybridized carbons (Fsp3) is 1.00. The number of rotatable bonds is 8. The minimum atomic E-state index is 0.690. The normalized spacial score (nSPS) is 13.6. The zero-order valence-corrected chi connectivity index (χ0v) is 9.77. The van der Waals surface area contributed by atoms with Crippen molar-refractivity contribution < 1.29 is 0 Å². The second-order valence-electron chi connectivity index (χ2n) is 3.53. The van der Waals surface area contributed by atoms with E-state index in [2.05, 4.69) is 37.9 Å². The maximum Gasteiger partial charge on any atom is 0.0194 e. The predicted octanol–water partition coefficient (Wildman–Crippen LogP) is 2.11. The van der Waals surface area contributed by atoms with Crippen molar-refractivity contribution in [1.82, 2.24) is 10.2 Å². The first-order valence-corrected chi connectivity index (χ1v) is 5.74. The van der Waals surface area contributed by atoms with E-state index in [1.807, 2.05) is 0 Å². The maximum atomic E-state index is 3.54. The zero-order chi connectivity index (χ0) is 10.1. The SMILES string of the molecule is CCCC(CN(CC)CC)NCC. The van der Waals surface area contributed by atoms with Gasteiger partial charge in [0.15, 0.2) is 0 Å². The summed E-state index contributed by atoms with van der Waals surface area (Å²) >= 11 is 0. The highest BCUT2D eigenvalue weighted by atomic mass is 15.1. The van der Waals surface area contributed by atoms with Gasteiger partial charge in [0.1, 0.15) is 0 Å². The van der Waals surface area contributed by atoms with Crippen LogP contribution in [-0.4, -0.2) is 37.1 Å². The Balaban J connectivity index is 3.76. The lowest BCUT2D eigenvalue weighted by molar-refractivity contribution is 0.258. The molecule has 2 heteroatoms. The van der Waals surface area contributed by atoms with Gasteiger partial charge in [0.25, 0.3) is 0 Å². The molecule has 0 heterocycles. The molecule has 2 nitrogen and oxygen atoms in total. The molecular weight excluding hydrogens is 160 g/mol. The van der Waals surface area contributed by atoms with Crippen LogP contribution in [-0.2, 0) is 0 Å². The summed E-state index contributed by atoms with van der Waals surface area (Å²) < 4.78 is 0. The van der Waals surface area contributed by atoms with Crippen molar-refractivity contribution in [2.24, 2.45) is 0 Å². The summed E-state index contributed by atoms with van der Waals surface area (Å²) in [7, 11) is 0. The smallest absolute Gasteiger partial charge is 0.0194 e. The van der Waals surface area contributed by atoms with Gasteiger partial charge in [0.05, 0.1) is 0 Å². The third kappa shape index (κ3) is 6.05. The quantitative estimate of drug-likeness (QED) is 0.624. The Kier molecular flexibility index (Phi) is 8.46. The fourth-order valence-corrected chi connectivity index (χ4v) is 1.69. The second-order valence-corrected chi connectivity index (χ2v) is 3.53. The van der Waals surface area contributed by atoms with E-state index in [-0.39, 0.29) is 0 Å². The lowest BCUT2D eigenvalue weighted by atomic mass is 10.1. The van der Waals surface area contributed by atoms with Crippen LogP contribution in [0.3, 0.4) is 0 Å². The molecule has 0 aromatic rings. The molecule has 13 heavy (non-hydrogen) atoms. The van der Waals surface area contributed by atoms with E-state index < -0.39 is 0 Å². The molecule has 0 aliphatic rings. The Hall–Kier alpha value is -0.0800. The molecule has 0 saturated heterocycles. The van der Waals surface area contributed by atoms with Gasteiger partial charge >= 0.3 is 0 Å². The van der Waals surface area contributed by atoms with Crippen LogP contribution < -0.4 is 5.32 Å². The molecule has 0 fully saturated rings. The number of nitrogens with one attached hydrogen (secondary N) is 1. The minimum absolute atomic E-state index is 0.690. The highest BCUT2D eigenvalue weighted by molar-refractivity contribution is 4.69. The first-order valence-electron chi connectivity index (χ1n) is 5.74. The fourth-order valence-electron chi connectivity index (χ4n) is 1.69. The second kappa shape index (κ2) is 8.52. The van der Waals surface area contributed by atoms with Crippen molar-refractivity contribution in [3.8, 4) is 0 Å². The van der Waals surface area contributed by atoms with Gasteiger partial charge < -0.3 is 10.2 Å². The molecule has 0 saturated carbocycles. The Labute approximate surface area is 83.7 Å². The lowest BCUT2D eigenvalue weighted by Crippen LogP contribution is -2.40. The first kappa shape index (κ1) is 12.9. The van der Waals surface area contributed by atoms with E-state index in [9.17, 15) is 0 Å². The summed E-state index contributed by atoms with van der Waals surface area (Å²) in [6.07, 6.45) is 2.57. The van der Waals surface area contributed by atoms with Crippen LogP contribution in [0.25, 0.3) is 0 Å². The highest BCUT2D eigenvalue weighted by Gasteiger charge is 2.09. The predicted molar refractivity (Wildman–Crippen MR) is 60.2 cm³/mol. The van der Waals surface area contributed by atoms with Gasteiger partial charge in [-0.1, -0.05) is 34.1 Å². The van der Waals surface area contributed by atoms with Gasteiger partial charge in [-0.2, -0.15) is 0 Å². The Morgan fingerprint density at radius 3 is 2.08 bits per heavy atom. The molecule has 0 bridgehead atoms. The Bertz CT molecular complexity index is 94.3. The molecule has 0 spiro atoms. The van der Waals surface area contributed by atoms with E-state index in [0.29, 0.717) is 6.04 Å². The molecule has 0 aliphatic heterocycles. The summed E-state index contributed by atoms with van der Waals surface area (Å²) in [5.41, 5.74) is 0. The van der Waals surface area contributed by atoms with Crippen molar-refractivity contribution in [2.45, 2.75) is 46.6 Å². The summed E-state index contributed by atoms with van der Waals surface area (Å²) in [6, 6.07) is 0.690. The van der Waals surface area contributed by atoms with Gasteiger partial charge in [-0.25, -0.2) is 0 Å².